The van der Waals surface area contributed by atoms with Crippen molar-refractivity contribution in [2.75, 3.05) is 18.2 Å². The van der Waals surface area contributed by atoms with E-state index >= 15 is 0 Å². The van der Waals surface area contributed by atoms with Gasteiger partial charge in [0.05, 0.1) is 34.6 Å². The van der Waals surface area contributed by atoms with Crippen molar-refractivity contribution in [2.24, 2.45) is 11.3 Å². The Hall–Kier alpha value is -3.73. The first-order valence-electron chi connectivity index (χ1n) is 15.1. The van der Waals surface area contributed by atoms with Crippen molar-refractivity contribution in [2.45, 2.75) is 63.7 Å². The smallest absolute Gasteiger partial charge is 0.163 e. The highest BCUT2D eigenvalue weighted by atomic mass is 79.9. The van der Waals surface area contributed by atoms with Crippen molar-refractivity contribution in [1.82, 2.24) is 19.5 Å². The molecule has 5 aromatic rings. The summed E-state index contributed by atoms with van der Waals surface area (Å²) in [6, 6.07) is 19.0. The van der Waals surface area contributed by atoms with Gasteiger partial charge in [-0.05, 0) is 96.4 Å². The molecule has 0 radical (unpaired) electrons. The van der Waals surface area contributed by atoms with Crippen LogP contribution in [0, 0.1) is 11.3 Å². The lowest BCUT2D eigenvalue weighted by atomic mass is 9.91. The van der Waals surface area contributed by atoms with Crippen LogP contribution < -0.4 is 15.8 Å². The van der Waals surface area contributed by atoms with Gasteiger partial charge in [-0.2, -0.15) is 0 Å². The van der Waals surface area contributed by atoms with E-state index in [1.54, 1.807) is 13.4 Å². The molecule has 2 saturated carbocycles. The van der Waals surface area contributed by atoms with Crippen LogP contribution in [0.2, 0.25) is 0 Å². The van der Waals surface area contributed by atoms with Gasteiger partial charge < -0.3 is 29.8 Å². The van der Waals surface area contributed by atoms with Gasteiger partial charge in [0.1, 0.15) is 35.5 Å². The molecule has 4 heterocycles. The standard InChI is InChI=1S/C34H35BrN6O3/c1-33(2)43-28-27(41-13-11-23-30(36)38-18-39-32(23)41)24-16-34(24,29(28)44-33)12-10-19-4-7-21-15-25(35)31(40-26(21)14-19)37-17-20-5-8-22(42-3)9-6-20/h4-9,11,13-15,18,24,27-29H,10,12,16-17H2,1-3H3,(H,37,40)(H2,36,38,39)/t24-,27-,28+,29+,34-/m1/s1. The fraction of sp³-hybridized carbons (Fsp3) is 0.382. The number of hydrogen-bond donors (Lipinski definition) is 2. The minimum absolute atomic E-state index is 0.0347. The quantitative estimate of drug-likeness (QED) is 0.191. The van der Waals surface area contributed by atoms with Gasteiger partial charge in [0.15, 0.2) is 5.79 Å². The Morgan fingerprint density at radius 2 is 1.89 bits per heavy atom. The van der Waals surface area contributed by atoms with E-state index in [4.69, 9.17) is 24.9 Å². The normalized spacial score (nSPS) is 26.5. The molecule has 1 saturated heterocycles. The van der Waals surface area contributed by atoms with Crippen molar-refractivity contribution in [1.29, 1.82) is 0 Å². The summed E-state index contributed by atoms with van der Waals surface area (Å²) in [6.07, 6.45) is 6.71. The molecule has 3 N–H and O–H groups in total. The first kappa shape index (κ1) is 27.8. The van der Waals surface area contributed by atoms with Crippen LogP contribution in [0.3, 0.4) is 0 Å². The average Bonchev–Trinajstić information content (AvgIpc) is 3.26. The molecular weight excluding hydrogens is 620 g/mol. The fourth-order valence-corrected chi connectivity index (χ4v) is 8.11. The number of rotatable bonds is 8. The number of hydrogen-bond acceptors (Lipinski definition) is 8. The molecule has 226 valence electrons. The van der Waals surface area contributed by atoms with Gasteiger partial charge in [0.25, 0.3) is 0 Å². The zero-order chi connectivity index (χ0) is 30.2. The molecule has 2 aromatic carbocycles. The number of methoxy groups -OCH3 is 1. The number of pyridine rings is 1. The molecular formula is C34H35BrN6O3. The van der Waals surface area contributed by atoms with Crippen molar-refractivity contribution < 1.29 is 14.2 Å². The Bertz CT molecular complexity index is 1890. The van der Waals surface area contributed by atoms with E-state index in [9.17, 15) is 0 Å². The molecule has 0 unspecified atom stereocenters. The highest BCUT2D eigenvalue weighted by Crippen LogP contribution is 2.73. The van der Waals surface area contributed by atoms with Crippen LogP contribution >= 0.6 is 15.9 Å². The number of halogens is 1. The molecule has 3 aliphatic rings. The number of aryl methyl sites for hydroxylation is 1. The summed E-state index contributed by atoms with van der Waals surface area (Å²) in [5, 5.41) is 5.48. The van der Waals surface area contributed by atoms with E-state index < -0.39 is 5.79 Å². The second kappa shape index (κ2) is 10.2. The third kappa shape index (κ3) is 4.53. The summed E-state index contributed by atoms with van der Waals surface area (Å²) in [4.78, 5) is 13.8. The van der Waals surface area contributed by atoms with Crippen molar-refractivity contribution in [3.8, 4) is 5.75 Å². The van der Waals surface area contributed by atoms with Gasteiger partial charge in [0, 0.05) is 23.5 Å². The van der Waals surface area contributed by atoms with Gasteiger partial charge in [0.2, 0.25) is 0 Å². The van der Waals surface area contributed by atoms with Crippen LogP contribution in [0.1, 0.15) is 43.9 Å². The zero-order valence-electron chi connectivity index (χ0n) is 25.0. The topological polar surface area (TPSA) is 109 Å². The molecule has 2 aliphatic carbocycles. The molecule has 0 spiro atoms. The Morgan fingerprint density at radius 1 is 1.07 bits per heavy atom. The van der Waals surface area contributed by atoms with Crippen LogP contribution in [0.5, 0.6) is 5.75 Å². The lowest BCUT2D eigenvalue weighted by Gasteiger charge is -2.24. The van der Waals surface area contributed by atoms with E-state index in [0.29, 0.717) is 18.3 Å². The number of nitrogens with two attached hydrogens (primary N) is 1. The first-order valence-corrected chi connectivity index (χ1v) is 15.9. The maximum Gasteiger partial charge on any atom is 0.163 e. The lowest BCUT2D eigenvalue weighted by Crippen LogP contribution is -2.32. The van der Waals surface area contributed by atoms with Gasteiger partial charge in [-0.15, -0.1) is 0 Å². The number of benzene rings is 2. The molecule has 10 heteroatoms. The molecule has 3 aromatic heterocycles. The number of fused-ring (bicyclic) bond motifs is 5. The monoisotopic (exact) mass is 654 g/mol. The first-order chi connectivity index (χ1) is 21.2. The number of ether oxygens (including phenoxy) is 3. The minimum Gasteiger partial charge on any atom is -0.497 e. The van der Waals surface area contributed by atoms with E-state index in [0.717, 1.165) is 62.8 Å². The van der Waals surface area contributed by atoms with Crippen LogP contribution in [-0.4, -0.2) is 44.6 Å². The average molecular weight is 656 g/mol. The van der Waals surface area contributed by atoms with E-state index in [2.05, 4.69) is 78.4 Å². The Balaban J connectivity index is 1.03. The maximum atomic E-state index is 6.63. The van der Waals surface area contributed by atoms with Crippen LogP contribution in [0.15, 0.2) is 71.6 Å². The molecule has 0 bridgehead atoms. The predicted molar refractivity (Wildman–Crippen MR) is 173 cm³/mol. The summed E-state index contributed by atoms with van der Waals surface area (Å²) >= 11 is 3.71. The molecule has 0 amide bonds. The van der Waals surface area contributed by atoms with E-state index in [-0.39, 0.29) is 23.7 Å². The van der Waals surface area contributed by atoms with Crippen molar-refractivity contribution in [3.05, 3.63) is 82.7 Å². The zero-order valence-corrected chi connectivity index (χ0v) is 26.5. The Labute approximate surface area is 264 Å². The lowest BCUT2D eigenvalue weighted by molar-refractivity contribution is -0.161. The third-order valence-corrected chi connectivity index (χ3v) is 10.4. The number of aromatic nitrogens is 4. The summed E-state index contributed by atoms with van der Waals surface area (Å²) in [7, 11) is 1.68. The third-order valence-electron chi connectivity index (χ3n) is 9.82. The Morgan fingerprint density at radius 3 is 2.70 bits per heavy atom. The summed E-state index contributed by atoms with van der Waals surface area (Å²) in [6.45, 7) is 4.71. The predicted octanol–water partition coefficient (Wildman–Crippen LogP) is 6.66. The summed E-state index contributed by atoms with van der Waals surface area (Å²) in [5.41, 5.74) is 10.5. The van der Waals surface area contributed by atoms with Crippen molar-refractivity contribution >= 4 is 49.5 Å². The summed E-state index contributed by atoms with van der Waals surface area (Å²) < 4.78 is 21.7. The SMILES string of the molecule is COc1ccc(CNc2nc3cc(CC[C@@]45C[C@@H]4[C@@H](n4ccc6c(N)ncnc64)[C@@H]4OC(C)(C)O[C@@H]45)ccc3cc2Br)cc1. The van der Waals surface area contributed by atoms with Crippen molar-refractivity contribution in [3.63, 3.8) is 0 Å². The molecule has 9 nitrogen and oxygen atoms in total. The number of anilines is 2. The molecule has 8 rings (SSSR count). The van der Waals surface area contributed by atoms with Gasteiger partial charge >= 0.3 is 0 Å². The largest absolute Gasteiger partial charge is 0.497 e. The second-order valence-electron chi connectivity index (χ2n) is 12.8. The highest BCUT2D eigenvalue weighted by molar-refractivity contribution is 9.10. The van der Waals surface area contributed by atoms with Crippen LogP contribution in [0.25, 0.3) is 21.9 Å². The van der Waals surface area contributed by atoms with Gasteiger partial charge in [-0.25, -0.2) is 15.0 Å². The number of nitrogens with zero attached hydrogens (tertiary/aromatic N) is 4. The van der Waals surface area contributed by atoms with Gasteiger partial charge in [-0.1, -0.05) is 24.3 Å². The molecule has 3 fully saturated rings. The Kier molecular flexibility index (Phi) is 6.41. The minimum atomic E-state index is -0.624. The highest BCUT2D eigenvalue weighted by Gasteiger charge is 2.75. The maximum absolute atomic E-state index is 6.63. The second-order valence-corrected chi connectivity index (χ2v) is 13.7. The molecule has 44 heavy (non-hydrogen) atoms. The fourth-order valence-electron chi connectivity index (χ4n) is 7.64. The van der Waals surface area contributed by atoms with Crippen LogP contribution in [0.4, 0.5) is 11.6 Å². The molecule has 1 aliphatic heterocycles. The number of nitrogen functional groups attached to an aromatic ring is 1. The van der Waals surface area contributed by atoms with E-state index in [1.807, 2.05) is 32.0 Å². The van der Waals surface area contributed by atoms with E-state index in [1.165, 1.54) is 5.56 Å². The molecule has 5 atom stereocenters. The van der Waals surface area contributed by atoms with Gasteiger partial charge in [-0.3, -0.25) is 0 Å². The number of nitrogens with one attached hydrogen (secondary N) is 1. The summed E-state index contributed by atoms with van der Waals surface area (Å²) in [5.74, 6) is 2.00. The van der Waals surface area contributed by atoms with Crippen LogP contribution in [-0.2, 0) is 22.4 Å².